The van der Waals surface area contributed by atoms with Crippen LogP contribution in [0.1, 0.15) is 12.0 Å². The zero-order valence-corrected chi connectivity index (χ0v) is 10.8. The Morgan fingerprint density at radius 1 is 1.22 bits per heavy atom. The number of aliphatic hydroxyl groups is 3. The first-order valence-electron chi connectivity index (χ1n) is 5.98. The first-order valence-corrected chi connectivity index (χ1v) is 7.03. The van der Waals surface area contributed by atoms with Gasteiger partial charge < -0.3 is 20.1 Å². The minimum Gasteiger partial charge on any atom is -0.394 e. The summed E-state index contributed by atoms with van der Waals surface area (Å²) >= 11 is 1.57. The molecular formula is C13H18O4S. The first kappa shape index (κ1) is 13.8. The molecule has 0 saturated carbocycles. The topological polar surface area (TPSA) is 69.9 Å². The molecule has 1 aliphatic heterocycles. The van der Waals surface area contributed by atoms with Gasteiger partial charge in [-0.3, -0.25) is 0 Å². The van der Waals surface area contributed by atoms with Crippen LogP contribution >= 0.6 is 11.8 Å². The average molecular weight is 270 g/mol. The molecular weight excluding hydrogens is 252 g/mol. The highest BCUT2D eigenvalue weighted by Gasteiger charge is 2.36. The third-order valence-corrected chi connectivity index (χ3v) is 4.17. The van der Waals surface area contributed by atoms with Crippen LogP contribution in [0.4, 0.5) is 0 Å². The van der Waals surface area contributed by atoms with E-state index in [4.69, 9.17) is 9.84 Å². The molecule has 4 nitrogen and oxygen atoms in total. The van der Waals surface area contributed by atoms with Crippen molar-refractivity contribution < 1.29 is 20.1 Å². The molecule has 100 valence electrons. The van der Waals surface area contributed by atoms with Crippen LogP contribution in [0.5, 0.6) is 0 Å². The van der Waals surface area contributed by atoms with Gasteiger partial charge in [0, 0.05) is 12.2 Å². The number of benzene rings is 1. The monoisotopic (exact) mass is 270 g/mol. The molecule has 1 fully saturated rings. The van der Waals surface area contributed by atoms with Crippen LogP contribution in [0.25, 0.3) is 0 Å². The zero-order chi connectivity index (χ0) is 13.0. The Bertz CT molecular complexity index is 359. The molecule has 0 amide bonds. The van der Waals surface area contributed by atoms with Gasteiger partial charge in [-0.05, 0) is 5.56 Å². The molecule has 1 unspecified atom stereocenters. The van der Waals surface area contributed by atoms with E-state index in [1.54, 1.807) is 11.8 Å². The molecule has 1 aliphatic rings. The number of rotatable bonds is 4. The molecule has 4 atom stereocenters. The molecule has 5 heteroatoms. The smallest absolute Gasteiger partial charge is 0.110 e. The van der Waals surface area contributed by atoms with E-state index in [1.165, 1.54) is 5.56 Å². The van der Waals surface area contributed by atoms with Gasteiger partial charge in [-0.2, -0.15) is 0 Å². The Morgan fingerprint density at radius 2 is 1.94 bits per heavy atom. The minimum absolute atomic E-state index is 0.194. The van der Waals surface area contributed by atoms with Crippen LogP contribution in [0.3, 0.4) is 0 Å². The summed E-state index contributed by atoms with van der Waals surface area (Å²) in [5.41, 5.74) is 0.994. The Labute approximate surface area is 111 Å². The Morgan fingerprint density at radius 3 is 2.61 bits per heavy atom. The van der Waals surface area contributed by atoms with Gasteiger partial charge >= 0.3 is 0 Å². The van der Waals surface area contributed by atoms with Crippen molar-refractivity contribution in [2.45, 2.75) is 35.9 Å². The number of aliphatic hydroxyl groups excluding tert-OH is 3. The van der Waals surface area contributed by atoms with E-state index in [2.05, 4.69) is 0 Å². The molecule has 0 radical (unpaired) electrons. The predicted octanol–water partition coefficient (Wildman–Crippen LogP) is 0.749. The third kappa shape index (κ3) is 3.46. The fraction of sp³-hybridized carbons (Fsp3) is 0.538. The van der Waals surface area contributed by atoms with E-state index in [-0.39, 0.29) is 12.0 Å². The van der Waals surface area contributed by atoms with Crippen LogP contribution in [-0.2, 0) is 10.5 Å². The Kier molecular flexibility index (Phi) is 5.03. The van der Waals surface area contributed by atoms with Crippen LogP contribution in [-0.4, -0.2) is 45.7 Å². The molecule has 1 saturated heterocycles. The normalized spacial score (nSPS) is 32.4. The van der Waals surface area contributed by atoms with Gasteiger partial charge in [-0.15, -0.1) is 11.8 Å². The van der Waals surface area contributed by atoms with Gasteiger partial charge in [-0.1, -0.05) is 30.3 Å². The Balaban J connectivity index is 1.86. The lowest BCUT2D eigenvalue weighted by Gasteiger charge is -2.36. The van der Waals surface area contributed by atoms with Gasteiger partial charge in [0.1, 0.15) is 17.6 Å². The standard InChI is InChI=1S/C13H18O4S/c14-7-11-13(16)10(15)6-12(17-11)18-8-9-4-2-1-3-5-9/h1-5,10-16H,6-8H2/t10-,11?,12+,13-/m1/s1. The highest BCUT2D eigenvalue weighted by Crippen LogP contribution is 2.29. The van der Waals surface area contributed by atoms with Crippen molar-refractivity contribution >= 4 is 11.8 Å². The van der Waals surface area contributed by atoms with Crippen molar-refractivity contribution in [3.05, 3.63) is 35.9 Å². The van der Waals surface area contributed by atoms with Crippen molar-refractivity contribution in [3.8, 4) is 0 Å². The fourth-order valence-corrected chi connectivity index (χ4v) is 3.06. The van der Waals surface area contributed by atoms with E-state index < -0.39 is 18.3 Å². The number of hydrogen-bond acceptors (Lipinski definition) is 5. The maximum Gasteiger partial charge on any atom is 0.110 e. The van der Waals surface area contributed by atoms with Crippen LogP contribution < -0.4 is 0 Å². The molecule has 0 spiro atoms. The second-order valence-corrected chi connectivity index (χ2v) is 5.52. The minimum atomic E-state index is -0.997. The largest absolute Gasteiger partial charge is 0.394 e. The summed E-state index contributed by atoms with van der Waals surface area (Å²) < 4.78 is 5.54. The molecule has 0 bridgehead atoms. The summed E-state index contributed by atoms with van der Waals surface area (Å²) in [6, 6.07) is 9.99. The third-order valence-electron chi connectivity index (χ3n) is 2.99. The zero-order valence-electron chi connectivity index (χ0n) is 9.98. The molecule has 1 heterocycles. The van der Waals surface area contributed by atoms with E-state index in [9.17, 15) is 10.2 Å². The average Bonchev–Trinajstić information content (AvgIpc) is 2.41. The Hall–Kier alpha value is -0.590. The van der Waals surface area contributed by atoms with E-state index in [0.29, 0.717) is 6.42 Å². The van der Waals surface area contributed by atoms with Crippen LogP contribution in [0.2, 0.25) is 0 Å². The number of hydrogen-bond donors (Lipinski definition) is 3. The molecule has 1 aromatic carbocycles. The summed E-state index contributed by atoms with van der Waals surface area (Å²) in [7, 11) is 0. The lowest BCUT2D eigenvalue weighted by Crippen LogP contribution is -2.49. The summed E-state index contributed by atoms with van der Waals surface area (Å²) in [6.45, 7) is -0.277. The lowest BCUT2D eigenvalue weighted by atomic mass is 10.0. The fourth-order valence-electron chi connectivity index (χ4n) is 1.94. The summed E-state index contributed by atoms with van der Waals surface area (Å²) in [4.78, 5) is 0. The maximum absolute atomic E-state index is 9.69. The van der Waals surface area contributed by atoms with Gasteiger partial charge in [0.2, 0.25) is 0 Å². The second-order valence-electron chi connectivity index (χ2n) is 4.38. The van der Waals surface area contributed by atoms with E-state index >= 15 is 0 Å². The highest BCUT2D eigenvalue weighted by atomic mass is 32.2. The molecule has 18 heavy (non-hydrogen) atoms. The molecule has 2 rings (SSSR count). The van der Waals surface area contributed by atoms with Crippen LogP contribution in [0, 0.1) is 0 Å². The second kappa shape index (κ2) is 6.54. The van der Waals surface area contributed by atoms with Gasteiger partial charge in [0.25, 0.3) is 0 Å². The van der Waals surface area contributed by atoms with Gasteiger partial charge in [0.05, 0.1) is 12.7 Å². The predicted molar refractivity (Wildman–Crippen MR) is 70.1 cm³/mol. The van der Waals surface area contributed by atoms with Gasteiger partial charge in [-0.25, -0.2) is 0 Å². The quantitative estimate of drug-likeness (QED) is 0.753. The molecule has 1 aromatic rings. The molecule has 0 aliphatic carbocycles. The van der Waals surface area contributed by atoms with Gasteiger partial charge in [0.15, 0.2) is 0 Å². The summed E-state index contributed by atoms with van der Waals surface area (Å²) in [5.74, 6) is 0.784. The van der Waals surface area contributed by atoms with Crippen molar-refractivity contribution in [1.29, 1.82) is 0 Å². The van der Waals surface area contributed by atoms with Crippen molar-refractivity contribution in [2.24, 2.45) is 0 Å². The van der Waals surface area contributed by atoms with E-state index in [0.717, 1.165) is 5.75 Å². The lowest BCUT2D eigenvalue weighted by molar-refractivity contribution is -0.157. The molecule has 0 aromatic heterocycles. The summed E-state index contributed by atoms with van der Waals surface area (Å²) in [6.07, 6.45) is -2.13. The van der Waals surface area contributed by atoms with Crippen molar-refractivity contribution in [1.82, 2.24) is 0 Å². The van der Waals surface area contributed by atoms with Crippen molar-refractivity contribution in [3.63, 3.8) is 0 Å². The summed E-state index contributed by atoms with van der Waals surface area (Å²) in [5, 5.41) is 28.4. The highest BCUT2D eigenvalue weighted by molar-refractivity contribution is 7.99. The SMILES string of the molecule is OCC1O[C@@H](SCc2ccccc2)C[C@@H](O)[C@H]1O. The van der Waals surface area contributed by atoms with Crippen molar-refractivity contribution in [2.75, 3.05) is 6.61 Å². The van der Waals surface area contributed by atoms with E-state index in [1.807, 2.05) is 30.3 Å². The number of ether oxygens (including phenoxy) is 1. The maximum atomic E-state index is 9.69. The number of thioether (sulfide) groups is 1. The first-order chi connectivity index (χ1) is 8.70. The van der Waals surface area contributed by atoms with Crippen LogP contribution in [0.15, 0.2) is 30.3 Å². The molecule has 3 N–H and O–H groups in total.